The van der Waals surface area contributed by atoms with Crippen LogP contribution in [-0.2, 0) is 12.8 Å². The molecule has 0 fully saturated rings. The van der Waals surface area contributed by atoms with Gasteiger partial charge in [0.2, 0.25) is 0 Å². The molecule has 0 bridgehead atoms. The van der Waals surface area contributed by atoms with E-state index >= 15 is 0 Å². The zero-order chi connectivity index (χ0) is 10.7. The molecule has 0 aliphatic heterocycles. The largest absolute Gasteiger partial charge is 0.396 e. The fraction of sp³-hybridized carbons (Fsp3) is 0.667. The van der Waals surface area contributed by atoms with E-state index in [2.05, 4.69) is 20.2 Å². The molecule has 1 aliphatic rings. The zero-order valence-electron chi connectivity index (χ0n) is 8.35. The second-order valence-corrected chi connectivity index (χ2v) is 3.68. The van der Waals surface area contributed by atoms with Crippen molar-refractivity contribution in [1.82, 2.24) is 10.2 Å². The number of hydrogen-bond acceptors (Lipinski definition) is 3. The molecule has 1 aromatic rings. The van der Waals surface area contributed by atoms with Crippen LogP contribution in [0, 0.1) is 0 Å². The monoisotopic (exact) mass is 207 g/mol. The van der Waals surface area contributed by atoms with Gasteiger partial charge < -0.3 is 5.11 Å². The van der Waals surface area contributed by atoms with Crippen molar-refractivity contribution in [3.05, 3.63) is 27.4 Å². The summed E-state index contributed by atoms with van der Waals surface area (Å²) in [5.74, 6) is 0. The Morgan fingerprint density at radius 3 is 3.07 bits per heavy atom. The molecule has 1 aliphatic carbocycles. The predicted molar refractivity (Wildman–Crippen MR) is 54.2 cm³/mol. The molecule has 0 saturated heterocycles. The number of aliphatic hydroxyl groups is 1. The highest BCUT2D eigenvalue weighted by Gasteiger charge is 2.21. The van der Waals surface area contributed by atoms with Gasteiger partial charge in [-0.05, 0) is 36.8 Å². The standard InChI is InChI=1S/C9H13N5O/c10-14-12-8(5-15)9-6-3-1-2-4-7(6)11-13-9/h8,15H,1-5H2,(H,11,13). The summed E-state index contributed by atoms with van der Waals surface area (Å²) < 4.78 is 0. The van der Waals surface area contributed by atoms with E-state index in [4.69, 9.17) is 10.6 Å². The highest BCUT2D eigenvalue weighted by atomic mass is 16.3. The van der Waals surface area contributed by atoms with Crippen molar-refractivity contribution in [3.63, 3.8) is 0 Å². The predicted octanol–water partition coefficient (Wildman–Crippen LogP) is 1.63. The SMILES string of the molecule is [N-]=[N+]=NC(CO)c1n[nH]c2c1CCCC2. The van der Waals surface area contributed by atoms with Crippen LogP contribution in [0.3, 0.4) is 0 Å². The number of nitrogens with zero attached hydrogens (tertiary/aromatic N) is 4. The molecule has 1 aromatic heterocycles. The Morgan fingerprint density at radius 2 is 2.33 bits per heavy atom. The molecule has 0 amide bonds. The smallest absolute Gasteiger partial charge is 0.105 e. The average Bonchev–Trinajstić information content (AvgIpc) is 2.70. The second-order valence-electron chi connectivity index (χ2n) is 3.68. The van der Waals surface area contributed by atoms with E-state index in [1.54, 1.807) is 0 Å². The topological polar surface area (TPSA) is 97.7 Å². The van der Waals surface area contributed by atoms with Crippen LogP contribution in [0.25, 0.3) is 10.4 Å². The maximum Gasteiger partial charge on any atom is 0.105 e. The number of aromatic nitrogens is 2. The molecule has 1 heterocycles. The highest BCUT2D eigenvalue weighted by molar-refractivity contribution is 5.30. The summed E-state index contributed by atoms with van der Waals surface area (Å²) in [6, 6.07) is -0.548. The Morgan fingerprint density at radius 1 is 1.53 bits per heavy atom. The van der Waals surface area contributed by atoms with Crippen LogP contribution in [0.15, 0.2) is 5.11 Å². The lowest BCUT2D eigenvalue weighted by Gasteiger charge is -2.13. The van der Waals surface area contributed by atoms with Crippen LogP contribution in [0.4, 0.5) is 0 Å². The minimum atomic E-state index is -0.548. The molecule has 2 N–H and O–H groups in total. The minimum Gasteiger partial charge on any atom is -0.396 e. The molecule has 1 atom stereocenters. The van der Waals surface area contributed by atoms with E-state index in [0.29, 0.717) is 5.69 Å². The van der Waals surface area contributed by atoms with Crippen LogP contribution in [0.1, 0.15) is 35.8 Å². The number of nitrogens with one attached hydrogen (secondary N) is 1. The summed E-state index contributed by atoms with van der Waals surface area (Å²) in [5.41, 5.74) is 11.4. The van der Waals surface area contributed by atoms with Gasteiger partial charge in [-0.25, -0.2) is 0 Å². The molecule has 0 radical (unpaired) electrons. The fourth-order valence-corrected chi connectivity index (χ4v) is 2.02. The lowest BCUT2D eigenvalue weighted by atomic mass is 9.94. The van der Waals surface area contributed by atoms with Crippen molar-refractivity contribution in [2.24, 2.45) is 5.11 Å². The van der Waals surface area contributed by atoms with E-state index in [1.165, 1.54) is 6.42 Å². The van der Waals surface area contributed by atoms with Crippen molar-refractivity contribution >= 4 is 0 Å². The minimum absolute atomic E-state index is 0.193. The van der Waals surface area contributed by atoms with Gasteiger partial charge in [0, 0.05) is 10.6 Å². The van der Waals surface area contributed by atoms with Gasteiger partial charge in [0.1, 0.15) is 6.04 Å². The van der Waals surface area contributed by atoms with E-state index in [0.717, 1.165) is 30.5 Å². The number of aryl methyl sites for hydroxylation is 1. The van der Waals surface area contributed by atoms with Crippen LogP contribution < -0.4 is 0 Å². The fourth-order valence-electron chi connectivity index (χ4n) is 2.02. The van der Waals surface area contributed by atoms with Crippen LogP contribution in [0.2, 0.25) is 0 Å². The summed E-state index contributed by atoms with van der Waals surface area (Å²) >= 11 is 0. The number of azide groups is 1. The van der Waals surface area contributed by atoms with Gasteiger partial charge in [-0.15, -0.1) is 0 Å². The zero-order valence-corrected chi connectivity index (χ0v) is 8.35. The maximum atomic E-state index is 9.11. The summed E-state index contributed by atoms with van der Waals surface area (Å²) in [7, 11) is 0. The first-order valence-corrected chi connectivity index (χ1v) is 5.08. The molecule has 1 unspecified atom stereocenters. The van der Waals surface area contributed by atoms with Crippen molar-refractivity contribution in [2.45, 2.75) is 31.7 Å². The van der Waals surface area contributed by atoms with Gasteiger partial charge >= 0.3 is 0 Å². The van der Waals surface area contributed by atoms with Gasteiger partial charge in [-0.2, -0.15) is 5.10 Å². The number of aromatic amines is 1. The molecular formula is C9H13N5O. The third-order valence-corrected chi connectivity index (χ3v) is 2.77. The molecule has 0 spiro atoms. The molecule has 2 rings (SSSR count). The number of hydrogen-bond donors (Lipinski definition) is 2. The van der Waals surface area contributed by atoms with Crippen LogP contribution in [-0.4, -0.2) is 21.9 Å². The summed E-state index contributed by atoms with van der Waals surface area (Å²) in [4.78, 5) is 2.72. The lowest BCUT2D eigenvalue weighted by Crippen LogP contribution is -2.07. The summed E-state index contributed by atoms with van der Waals surface area (Å²) in [5, 5.41) is 19.7. The van der Waals surface area contributed by atoms with Crippen molar-refractivity contribution < 1.29 is 5.11 Å². The third kappa shape index (κ3) is 1.82. The number of aliphatic hydroxyl groups excluding tert-OH is 1. The Labute approximate surface area is 86.9 Å². The second kappa shape index (κ2) is 4.33. The number of fused-ring (bicyclic) bond motifs is 1. The normalized spacial score (nSPS) is 16.6. The molecule has 6 nitrogen and oxygen atoms in total. The van der Waals surface area contributed by atoms with E-state index in [-0.39, 0.29) is 6.61 Å². The summed E-state index contributed by atoms with van der Waals surface area (Å²) in [6.45, 7) is -0.193. The molecule has 15 heavy (non-hydrogen) atoms. The Hall–Kier alpha value is -1.52. The van der Waals surface area contributed by atoms with Crippen molar-refractivity contribution in [1.29, 1.82) is 0 Å². The number of H-pyrrole nitrogens is 1. The third-order valence-electron chi connectivity index (χ3n) is 2.77. The average molecular weight is 207 g/mol. The van der Waals surface area contributed by atoms with Crippen LogP contribution >= 0.6 is 0 Å². The first kappa shape index (κ1) is 10.0. The maximum absolute atomic E-state index is 9.11. The lowest BCUT2D eigenvalue weighted by molar-refractivity contribution is 0.265. The molecule has 0 aromatic carbocycles. The van der Waals surface area contributed by atoms with Gasteiger partial charge in [-0.1, -0.05) is 5.11 Å². The van der Waals surface area contributed by atoms with E-state index in [1.807, 2.05) is 0 Å². The van der Waals surface area contributed by atoms with Gasteiger partial charge in [0.15, 0.2) is 0 Å². The molecule has 0 saturated carbocycles. The Balaban J connectivity index is 2.34. The Kier molecular flexibility index (Phi) is 2.89. The van der Waals surface area contributed by atoms with Crippen molar-refractivity contribution in [2.75, 3.05) is 6.61 Å². The van der Waals surface area contributed by atoms with E-state index in [9.17, 15) is 0 Å². The number of rotatable bonds is 3. The molecule has 6 heteroatoms. The molecular weight excluding hydrogens is 194 g/mol. The quantitative estimate of drug-likeness (QED) is 0.447. The van der Waals surface area contributed by atoms with Crippen molar-refractivity contribution in [3.8, 4) is 0 Å². The first-order chi connectivity index (χ1) is 7.36. The highest BCUT2D eigenvalue weighted by Crippen LogP contribution is 2.27. The first-order valence-electron chi connectivity index (χ1n) is 5.08. The van der Waals surface area contributed by atoms with Gasteiger partial charge in [0.05, 0.1) is 12.3 Å². The molecule has 80 valence electrons. The van der Waals surface area contributed by atoms with Gasteiger partial charge in [-0.3, -0.25) is 5.10 Å². The van der Waals surface area contributed by atoms with E-state index < -0.39 is 6.04 Å². The van der Waals surface area contributed by atoms with Gasteiger partial charge in [0.25, 0.3) is 0 Å². The Bertz CT molecular complexity index is 393. The summed E-state index contributed by atoms with van der Waals surface area (Å²) in [6.07, 6.45) is 4.25. The van der Waals surface area contributed by atoms with Crippen LogP contribution in [0.5, 0.6) is 0 Å².